The molecule has 2 fully saturated rings. The first kappa shape index (κ1) is 65.1. The van der Waals surface area contributed by atoms with Gasteiger partial charge in [-0.15, -0.1) is 11.8 Å². The van der Waals surface area contributed by atoms with Crippen LogP contribution in [-0.2, 0) is 43.0 Å². The summed E-state index contributed by atoms with van der Waals surface area (Å²) >= 11 is 7.63. The number of halogens is 4. The number of ether oxygens (including phenoxy) is 1. The molecule has 450 valence electrons. The van der Waals surface area contributed by atoms with Crippen molar-refractivity contribution in [3.63, 3.8) is 0 Å². The van der Waals surface area contributed by atoms with Crippen LogP contribution < -0.4 is 14.9 Å². The van der Waals surface area contributed by atoms with Gasteiger partial charge in [0, 0.05) is 98.4 Å². The number of nitrogens with one attached hydrogen (secondary N) is 2. The van der Waals surface area contributed by atoms with E-state index < -0.39 is 78.6 Å². The smallest absolute Gasteiger partial charge is 0.438 e. The number of thioether (sulfide) groups is 1. The summed E-state index contributed by atoms with van der Waals surface area (Å²) in [5.41, 5.74) is -1.96. The minimum atomic E-state index is -6.14. The van der Waals surface area contributed by atoms with E-state index in [9.17, 15) is 44.2 Å². The van der Waals surface area contributed by atoms with E-state index in [0.29, 0.717) is 69.0 Å². The molecular weight excluding hydrogens is 1160 g/mol. The van der Waals surface area contributed by atoms with Crippen LogP contribution in [0.3, 0.4) is 0 Å². The van der Waals surface area contributed by atoms with E-state index in [1.807, 2.05) is 47.2 Å². The number of esters is 1. The summed E-state index contributed by atoms with van der Waals surface area (Å²) in [7, 11) is -14.6. The van der Waals surface area contributed by atoms with Gasteiger partial charge >= 0.3 is 19.1 Å². The predicted octanol–water partition coefficient (Wildman–Crippen LogP) is 11.3. The maximum atomic E-state index is 14.5. The van der Waals surface area contributed by atoms with E-state index in [2.05, 4.69) is 50.9 Å². The molecule has 3 aliphatic rings. The van der Waals surface area contributed by atoms with Gasteiger partial charge in [-0.1, -0.05) is 61.4 Å². The van der Waals surface area contributed by atoms with E-state index in [1.54, 1.807) is 39.8 Å². The first-order valence-electron chi connectivity index (χ1n) is 27.6. The van der Waals surface area contributed by atoms with Gasteiger partial charge in [-0.2, -0.15) is 13.2 Å². The van der Waals surface area contributed by atoms with Crippen LogP contribution in [0.15, 0.2) is 117 Å². The minimum Gasteiger partial charge on any atom is -0.438 e. The highest BCUT2D eigenvalue weighted by atomic mass is 35.5. The Kier molecular flexibility index (Phi) is 22.3. The lowest BCUT2D eigenvalue weighted by Gasteiger charge is -2.39. The highest BCUT2D eigenvalue weighted by Gasteiger charge is 2.48. The second-order valence-corrected chi connectivity index (χ2v) is 30.1. The number of hydrogen-bond donors (Lipinski definition) is 2. The summed E-state index contributed by atoms with van der Waals surface area (Å²) in [5, 5.41) is 3.73. The molecule has 0 aromatic heterocycles. The first-order valence-corrected chi connectivity index (χ1v) is 33.7. The summed E-state index contributed by atoms with van der Waals surface area (Å²) in [6.07, 6.45) is 4.09. The van der Waals surface area contributed by atoms with Crippen LogP contribution in [0.2, 0.25) is 5.02 Å². The molecule has 0 spiro atoms. The van der Waals surface area contributed by atoms with Gasteiger partial charge in [-0.25, -0.2) is 21.6 Å². The Morgan fingerprint density at radius 3 is 2.07 bits per heavy atom. The maximum Gasteiger partial charge on any atom is 0.501 e. The molecule has 82 heavy (non-hydrogen) atoms. The fourth-order valence-electron chi connectivity index (χ4n) is 10.1. The van der Waals surface area contributed by atoms with Gasteiger partial charge in [0.25, 0.3) is 25.8 Å². The van der Waals surface area contributed by atoms with Crippen molar-refractivity contribution >= 4 is 79.6 Å². The molecule has 2 aliphatic heterocycles. The average Bonchev–Trinajstić information content (AvgIpc) is 3.57. The van der Waals surface area contributed by atoms with Crippen molar-refractivity contribution in [2.24, 2.45) is 10.8 Å². The van der Waals surface area contributed by atoms with E-state index in [4.69, 9.17) is 25.4 Å². The van der Waals surface area contributed by atoms with Crippen LogP contribution in [-0.4, -0.2) is 152 Å². The van der Waals surface area contributed by atoms with Crippen LogP contribution >= 0.6 is 31.0 Å². The van der Waals surface area contributed by atoms with Crippen LogP contribution in [0.25, 0.3) is 5.57 Å². The van der Waals surface area contributed by atoms with Crippen LogP contribution in [0, 0.1) is 10.8 Å². The lowest BCUT2D eigenvalue weighted by Crippen LogP contribution is -2.47. The van der Waals surface area contributed by atoms with Gasteiger partial charge in [0.2, 0.25) is 6.79 Å². The van der Waals surface area contributed by atoms with Crippen LogP contribution in [0.4, 0.5) is 24.5 Å². The molecule has 24 heteroatoms. The first-order chi connectivity index (χ1) is 38.6. The standard InChI is InChI=1S/C58H77ClF3N6O10PS3/c1-7-77-79(71,78-42-76-55(70)56(2,3)4)37-11-27-65-29-31-66(32-30-65)28-25-47(41-80-49-12-9-8-10-13-49)63-52-23-22-50(38-53(52)81(72,73)58(60,61)62)82(74,75)64-54(69)44-16-20-48(21-17-44)68-35-33-67(34-36-68)40-45-39-57(5,6)26-24-51(45)43-14-18-46(59)19-15-43/h8-10,12-23,38,47,63H,7,11,24-37,39-42H2,1-6H3,(H,64,69)/t47-,79?/m1/s1. The Morgan fingerprint density at radius 1 is 0.817 bits per heavy atom. The molecule has 0 saturated carbocycles. The number of amides is 1. The molecule has 4 aromatic rings. The van der Waals surface area contributed by atoms with Gasteiger partial charge < -0.3 is 29.3 Å². The van der Waals surface area contributed by atoms with Crippen LogP contribution in [0.5, 0.6) is 0 Å². The van der Waals surface area contributed by atoms with E-state index >= 15 is 0 Å². The third kappa shape index (κ3) is 18.3. The molecule has 0 bridgehead atoms. The normalized spacial score (nSPS) is 18.2. The topological polar surface area (TPSA) is 184 Å². The summed E-state index contributed by atoms with van der Waals surface area (Å²) in [6.45, 7) is 18.7. The molecule has 1 aliphatic carbocycles. The number of hydrogen-bond acceptors (Lipinski definition) is 16. The van der Waals surface area contributed by atoms with E-state index in [-0.39, 0.29) is 23.7 Å². The Labute approximate surface area is 491 Å². The Morgan fingerprint density at radius 2 is 1.45 bits per heavy atom. The van der Waals surface area contributed by atoms with E-state index in [1.165, 1.54) is 40.6 Å². The molecule has 2 heterocycles. The monoisotopic (exact) mass is 1240 g/mol. The number of sulfonamides is 1. The molecule has 1 unspecified atom stereocenters. The number of piperazine rings is 2. The predicted molar refractivity (Wildman–Crippen MR) is 318 cm³/mol. The van der Waals surface area contributed by atoms with Crippen LogP contribution in [0.1, 0.15) is 89.6 Å². The molecule has 2 N–H and O–H groups in total. The summed E-state index contributed by atoms with van der Waals surface area (Å²) in [6, 6.07) is 25.5. The number of sulfone groups is 1. The Balaban J connectivity index is 0.967. The molecule has 2 atom stereocenters. The Hall–Kier alpha value is -4.48. The van der Waals surface area contributed by atoms with Gasteiger partial charge in [-0.3, -0.25) is 23.6 Å². The fourth-order valence-corrected chi connectivity index (χ4v) is 14.7. The molecular formula is C58H77ClF3N6O10PS3. The Bertz CT molecular complexity index is 3120. The largest absolute Gasteiger partial charge is 0.501 e. The molecule has 16 nitrogen and oxygen atoms in total. The van der Waals surface area contributed by atoms with Crippen molar-refractivity contribution in [3.05, 3.63) is 119 Å². The number of carbonyl (C=O) groups excluding carboxylic acids is 2. The van der Waals surface area contributed by atoms with Gasteiger partial charge in [0.1, 0.15) is 4.90 Å². The van der Waals surface area contributed by atoms with Gasteiger partial charge in [0.05, 0.1) is 28.8 Å². The highest BCUT2D eigenvalue weighted by molar-refractivity contribution is 7.99. The van der Waals surface area contributed by atoms with Crippen molar-refractivity contribution in [3.8, 4) is 0 Å². The average molecular weight is 1240 g/mol. The van der Waals surface area contributed by atoms with E-state index in [0.717, 1.165) is 74.7 Å². The summed E-state index contributed by atoms with van der Waals surface area (Å²) in [5.74, 6) is -1.23. The second kappa shape index (κ2) is 28.1. The summed E-state index contributed by atoms with van der Waals surface area (Å²) in [4.78, 5) is 33.4. The van der Waals surface area contributed by atoms with Crippen molar-refractivity contribution in [1.82, 2.24) is 19.4 Å². The second-order valence-electron chi connectivity index (χ2n) is 22.8. The number of nitrogens with zero attached hydrogens (tertiary/aromatic N) is 4. The zero-order valence-corrected chi connectivity index (χ0v) is 51.6. The third-order valence-corrected chi connectivity index (χ3v) is 21.1. The molecule has 2 saturated heterocycles. The fraction of sp³-hybridized carbons (Fsp3) is 0.517. The third-order valence-electron chi connectivity index (χ3n) is 14.8. The zero-order chi connectivity index (χ0) is 59.5. The molecule has 1 amide bonds. The maximum absolute atomic E-state index is 14.5. The molecule has 7 rings (SSSR count). The number of rotatable bonds is 25. The van der Waals surface area contributed by atoms with Crippen molar-refractivity contribution in [1.29, 1.82) is 0 Å². The van der Waals surface area contributed by atoms with Gasteiger partial charge in [-0.05, 0) is 150 Å². The minimum absolute atomic E-state index is 0.0255. The molecule has 4 aromatic carbocycles. The zero-order valence-electron chi connectivity index (χ0n) is 47.5. The number of carbonyl (C=O) groups is 2. The molecule has 0 radical (unpaired) electrons. The van der Waals surface area contributed by atoms with Gasteiger partial charge in [0.15, 0.2) is 0 Å². The lowest BCUT2D eigenvalue weighted by atomic mass is 9.73. The summed E-state index contributed by atoms with van der Waals surface area (Å²) < 4.78 is 129. The number of benzene rings is 4. The quantitative estimate of drug-likeness (QED) is 0.0276. The van der Waals surface area contributed by atoms with Crippen molar-refractivity contribution < 1.29 is 57.9 Å². The SMILES string of the molecule is CCOP(=O)(CCCN1CCN(CC[C@H](CSc2ccccc2)Nc2ccc(S(=O)(=O)NC(=O)c3ccc(N4CCN(CC5=C(c6ccc(Cl)cc6)CCC(C)(C)C5)CC4)cc3)cc2S(=O)(=O)C(F)(F)F)CC1)OCOC(=O)C(C)(C)C. The highest BCUT2D eigenvalue weighted by Crippen LogP contribution is 2.49. The number of allylic oxidation sites excluding steroid dienone is 1. The van der Waals surface area contributed by atoms with Crippen molar-refractivity contribution in [2.45, 2.75) is 99.9 Å². The lowest BCUT2D eigenvalue weighted by molar-refractivity contribution is -0.160. The number of anilines is 2. The number of alkyl halides is 3. The van der Waals surface area contributed by atoms with Crippen molar-refractivity contribution in [2.75, 3.05) is 108 Å².